The quantitative estimate of drug-likeness (QED) is 0.838. The van der Waals surface area contributed by atoms with Crippen LogP contribution < -0.4 is 4.90 Å². The highest BCUT2D eigenvalue weighted by Gasteiger charge is 2.34. The van der Waals surface area contributed by atoms with Crippen LogP contribution in [0.3, 0.4) is 0 Å². The average Bonchev–Trinajstić information content (AvgIpc) is 3.15. The van der Waals surface area contributed by atoms with Crippen molar-refractivity contribution in [3.63, 3.8) is 0 Å². The molecule has 1 aromatic carbocycles. The second-order valence-corrected chi connectivity index (χ2v) is 5.12. The number of benzene rings is 1. The summed E-state index contributed by atoms with van der Waals surface area (Å²) in [6.07, 6.45) is 1.07. The highest BCUT2D eigenvalue weighted by Crippen LogP contribution is 2.27. The number of nitrogens with zero attached hydrogens (tertiary/aromatic N) is 3. The number of anilines is 1. The molecule has 1 aliphatic heterocycles. The van der Waals surface area contributed by atoms with Crippen LogP contribution in [0.5, 0.6) is 0 Å². The molecule has 2 heterocycles. The van der Waals surface area contributed by atoms with E-state index in [2.05, 4.69) is 15.0 Å². The molecule has 0 bridgehead atoms. The van der Waals surface area contributed by atoms with Gasteiger partial charge in [0.15, 0.2) is 0 Å². The molecule has 21 heavy (non-hydrogen) atoms. The van der Waals surface area contributed by atoms with Crippen LogP contribution >= 0.6 is 0 Å². The summed E-state index contributed by atoms with van der Waals surface area (Å²) >= 11 is 0. The Morgan fingerprint density at radius 3 is 2.81 bits per heavy atom. The molecule has 0 radical (unpaired) electrons. The molecule has 0 spiro atoms. The van der Waals surface area contributed by atoms with Gasteiger partial charge in [0.05, 0.1) is 18.8 Å². The third kappa shape index (κ3) is 2.91. The molecule has 0 amide bonds. The first kappa shape index (κ1) is 14.0. The second kappa shape index (κ2) is 6.24. The zero-order valence-corrected chi connectivity index (χ0v) is 12.2. The maximum Gasteiger partial charge on any atom is 0.266 e. The topological polar surface area (TPSA) is 60.6 Å². The third-order valence-corrected chi connectivity index (χ3v) is 3.76. The van der Waals surface area contributed by atoms with Crippen molar-refractivity contribution in [3.8, 4) is 11.5 Å². The van der Waals surface area contributed by atoms with E-state index in [-0.39, 0.29) is 12.1 Å². The molecule has 0 N–H and O–H groups in total. The van der Waals surface area contributed by atoms with Gasteiger partial charge in [-0.25, -0.2) is 0 Å². The van der Waals surface area contributed by atoms with Crippen molar-refractivity contribution in [2.75, 3.05) is 32.3 Å². The fourth-order valence-corrected chi connectivity index (χ4v) is 2.67. The Bertz CT molecular complexity index is 573. The molecule has 1 aliphatic rings. The van der Waals surface area contributed by atoms with Crippen LogP contribution in [0.25, 0.3) is 11.5 Å². The van der Waals surface area contributed by atoms with E-state index in [0.29, 0.717) is 18.4 Å². The first-order valence-electron chi connectivity index (χ1n) is 6.99. The molecule has 112 valence electrons. The van der Waals surface area contributed by atoms with Crippen molar-refractivity contribution in [2.45, 2.75) is 18.6 Å². The van der Waals surface area contributed by atoms with E-state index in [4.69, 9.17) is 14.0 Å². The number of hydrogen-bond acceptors (Lipinski definition) is 6. The Labute approximate surface area is 123 Å². The molecular formula is C15H19N3O3. The van der Waals surface area contributed by atoms with E-state index in [1.54, 1.807) is 14.2 Å². The van der Waals surface area contributed by atoms with Gasteiger partial charge in [-0.1, -0.05) is 18.2 Å². The lowest BCUT2D eigenvalue weighted by atomic mass is 10.2. The third-order valence-electron chi connectivity index (χ3n) is 3.76. The van der Waals surface area contributed by atoms with E-state index < -0.39 is 0 Å². The fraction of sp³-hybridized carbons (Fsp3) is 0.467. The first-order chi connectivity index (χ1) is 10.3. The molecule has 0 saturated carbocycles. The Hall–Kier alpha value is -1.92. The van der Waals surface area contributed by atoms with Crippen molar-refractivity contribution >= 4 is 5.95 Å². The minimum Gasteiger partial charge on any atom is -0.383 e. The van der Waals surface area contributed by atoms with E-state index in [9.17, 15) is 0 Å². The standard InChI is InChI=1S/C15H19N3O3/c1-19-10-12-8-13(20-2)9-18(12)15-16-14(21-17-15)11-6-4-3-5-7-11/h3-7,12-13H,8-10H2,1-2H3/t12-,13+/m0/s1. The van der Waals surface area contributed by atoms with Gasteiger partial charge in [-0.3, -0.25) is 0 Å². The summed E-state index contributed by atoms with van der Waals surface area (Å²) in [5, 5.41) is 4.10. The number of aromatic nitrogens is 2. The lowest BCUT2D eigenvalue weighted by Gasteiger charge is -2.21. The van der Waals surface area contributed by atoms with E-state index in [1.807, 2.05) is 30.3 Å². The van der Waals surface area contributed by atoms with Crippen LogP contribution in [-0.2, 0) is 9.47 Å². The monoisotopic (exact) mass is 289 g/mol. The zero-order valence-electron chi connectivity index (χ0n) is 12.2. The van der Waals surface area contributed by atoms with Crippen LogP contribution in [0.4, 0.5) is 5.95 Å². The van der Waals surface area contributed by atoms with Gasteiger partial charge in [0.25, 0.3) is 11.8 Å². The highest BCUT2D eigenvalue weighted by atomic mass is 16.5. The summed E-state index contributed by atoms with van der Waals surface area (Å²) in [5.41, 5.74) is 0.919. The van der Waals surface area contributed by atoms with Gasteiger partial charge in [-0.15, -0.1) is 0 Å². The molecule has 0 aliphatic carbocycles. The van der Waals surface area contributed by atoms with Crippen LogP contribution in [0.2, 0.25) is 0 Å². The van der Waals surface area contributed by atoms with E-state index in [1.165, 1.54) is 0 Å². The predicted molar refractivity (Wildman–Crippen MR) is 78.2 cm³/mol. The van der Waals surface area contributed by atoms with Gasteiger partial charge >= 0.3 is 0 Å². The summed E-state index contributed by atoms with van der Waals surface area (Å²) in [6, 6.07) is 9.96. The summed E-state index contributed by atoms with van der Waals surface area (Å²) in [6.45, 7) is 1.37. The number of rotatable bonds is 5. The average molecular weight is 289 g/mol. The lowest BCUT2D eigenvalue weighted by molar-refractivity contribution is 0.111. The maximum absolute atomic E-state index is 5.45. The second-order valence-electron chi connectivity index (χ2n) is 5.12. The number of ether oxygens (including phenoxy) is 2. The molecule has 0 unspecified atom stereocenters. The summed E-state index contributed by atoms with van der Waals surface area (Å²) in [4.78, 5) is 6.59. The van der Waals surface area contributed by atoms with Gasteiger partial charge in [0.1, 0.15) is 0 Å². The molecule has 1 saturated heterocycles. The summed E-state index contributed by atoms with van der Waals surface area (Å²) < 4.78 is 16.1. The van der Waals surface area contributed by atoms with Gasteiger partial charge in [-0.05, 0) is 23.7 Å². The first-order valence-corrected chi connectivity index (χ1v) is 6.99. The predicted octanol–water partition coefficient (Wildman–Crippen LogP) is 1.98. The number of hydrogen-bond donors (Lipinski definition) is 0. The molecular weight excluding hydrogens is 270 g/mol. The van der Waals surface area contributed by atoms with Crippen LogP contribution in [0.15, 0.2) is 34.9 Å². The molecule has 3 rings (SSSR count). The van der Waals surface area contributed by atoms with Crippen molar-refractivity contribution in [3.05, 3.63) is 30.3 Å². The summed E-state index contributed by atoms with van der Waals surface area (Å²) in [7, 11) is 3.42. The molecule has 1 aromatic heterocycles. The molecule has 6 nitrogen and oxygen atoms in total. The number of methoxy groups -OCH3 is 2. The van der Waals surface area contributed by atoms with Crippen molar-refractivity contribution < 1.29 is 14.0 Å². The van der Waals surface area contributed by atoms with Gasteiger partial charge < -0.3 is 18.9 Å². The van der Waals surface area contributed by atoms with Crippen molar-refractivity contribution in [1.82, 2.24) is 10.1 Å². The Morgan fingerprint density at radius 2 is 2.10 bits per heavy atom. The SMILES string of the molecule is COC[C@@H]1C[C@@H](OC)CN1c1noc(-c2ccccc2)n1. The van der Waals surface area contributed by atoms with Gasteiger partial charge in [0, 0.05) is 26.3 Å². The summed E-state index contributed by atoms with van der Waals surface area (Å²) in [5.74, 6) is 1.12. The minimum atomic E-state index is 0.170. The largest absolute Gasteiger partial charge is 0.383 e. The normalized spacial score (nSPS) is 21.9. The maximum atomic E-state index is 5.45. The molecule has 6 heteroatoms. The van der Waals surface area contributed by atoms with Crippen LogP contribution in [-0.4, -0.2) is 49.7 Å². The van der Waals surface area contributed by atoms with E-state index >= 15 is 0 Å². The van der Waals surface area contributed by atoms with Crippen LogP contribution in [0, 0.1) is 0 Å². The zero-order chi connectivity index (χ0) is 14.7. The minimum absolute atomic E-state index is 0.170. The Balaban J connectivity index is 1.81. The van der Waals surface area contributed by atoms with Crippen molar-refractivity contribution in [2.24, 2.45) is 0 Å². The fourth-order valence-electron chi connectivity index (χ4n) is 2.67. The molecule has 1 fully saturated rings. The van der Waals surface area contributed by atoms with Gasteiger partial charge in [0.2, 0.25) is 0 Å². The van der Waals surface area contributed by atoms with Crippen molar-refractivity contribution in [1.29, 1.82) is 0 Å². The molecule has 2 aromatic rings. The Morgan fingerprint density at radius 1 is 1.29 bits per heavy atom. The smallest absolute Gasteiger partial charge is 0.266 e. The van der Waals surface area contributed by atoms with Gasteiger partial charge in [-0.2, -0.15) is 4.98 Å². The van der Waals surface area contributed by atoms with Crippen LogP contribution in [0.1, 0.15) is 6.42 Å². The van der Waals surface area contributed by atoms with E-state index in [0.717, 1.165) is 18.5 Å². The highest BCUT2D eigenvalue weighted by molar-refractivity contribution is 5.54. The Kier molecular flexibility index (Phi) is 4.17. The molecule has 2 atom stereocenters. The lowest BCUT2D eigenvalue weighted by Crippen LogP contribution is -2.33.